The third-order valence-electron chi connectivity index (χ3n) is 5.32. The standard InChI is InChI=1S/C23H18FN3OS/c24-19-12-6-5-11-17(19)20-18(15-25)22(29)26-23(28,16-9-3-1-4-10-16)21(20)27-13-7-2-8-14-27/h1-14,18,20-21,28H/t18-,20-,21+,23+/m0/s1. The van der Waals surface area contributed by atoms with Crippen molar-refractivity contribution in [3.63, 3.8) is 0 Å². The minimum Gasteiger partial charge on any atom is -0.764 e. The summed E-state index contributed by atoms with van der Waals surface area (Å²) in [5.74, 6) is -2.04. The van der Waals surface area contributed by atoms with Gasteiger partial charge in [0.25, 0.3) is 0 Å². The molecule has 3 aromatic rings. The minimum atomic E-state index is -1.76. The maximum absolute atomic E-state index is 14.9. The summed E-state index contributed by atoms with van der Waals surface area (Å²) in [6.45, 7) is 0. The molecule has 4 nitrogen and oxygen atoms in total. The Kier molecular flexibility index (Phi) is 5.10. The second-order valence-electron chi connectivity index (χ2n) is 6.96. The number of aliphatic hydroxyl groups is 1. The summed E-state index contributed by atoms with van der Waals surface area (Å²) in [4.78, 5) is 4.42. The Morgan fingerprint density at radius 1 is 1.00 bits per heavy atom. The van der Waals surface area contributed by atoms with Crippen LogP contribution in [0.4, 0.5) is 4.39 Å². The quantitative estimate of drug-likeness (QED) is 0.539. The van der Waals surface area contributed by atoms with Gasteiger partial charge in [0.05, 0.1) is 17.9 Å². The number of nitrogens with zero attached hydrogens (tertiary/aromatic N) is 3. The Morgan fingerprint density at radius 2 is 1.62 bits per heavy atom. The highest BCUT2D eigenvalue weighted by atomic mass is 32.1. The molecule has 1 aliphatic rings. The van der Waals surface area contributed by atoms with Crippen LogP contribution in [0.15, 0.2) is 90.2 Å². The molecule has 144 valence electrons. The highest BCUT2D eigenvalue weighted by molar-refractivity contribution is 7.77. The minimum absolute atomic E-state index is 0.0693. The molecule has 1 aliphatic heterocycles. The number of nitriles is 1. The highest BCUT2D eigenvalue weighted by Crippen LogP contribution is 2.48. The number of rotatable bonds is 3. The molecule has 0 amide bonds. The maximum Gasteiger partial charge on any atom is 0.244 e. The van der Waals surface area contributed by atoms with Crippen LogP contribution in [-0.4, -0.2) is 10.2 Å². The van der Waals surface area contributed by atoms with Crippen LogP contribution in [0.2, 0.25) is 0 Å². The second kappa shape index (κ2) is 7.70. The number of benzene rings is 2. The van der Waals surface area contributed by atoms with Crippen LogP contribution in [0, 0.1) is 23.1 Å². The second-order valence-corrected chi connectivity index (χ2v) is 7.38. The summed E-state index contributed by atoms with van der Waals surface area (Å²) in [5, 5.41) is 21.8. The summed E-state index contributed by atoms with van der Waals surface area (Å²) < 4.78 is 16.7. The van der Waals surface area contributed by atoms with Gasteiger partial charge in [0.1, 0.15) is 5.82 Å². The third-order valence-corrected chi connectivity index (χ3v) is 5.67. The van der Waals surface area contributed by atoms with E-state index in [0.29, 0.717) is 11.1 Å². The van der Waals surface area contributed by atoms with E-state index in [1.807, 2.05) is 24.3 Å². The molecule has 0 bridgehead atoms. The lowest BCUT2D eigenvalue weighted by atomic mass is 9.73. The van der Waals surface area contributed by atoms with E-state index in [9.17, 15) is 14.8 Å². The van der Waals surface area contributed by atoms with E-state index in [1.165, 1.54) is 6.07 Å². The average Bonchev–Trinajstić information content (AvgIpc) is 2.75. The molecule has 4 rings (SSSR count). The molecule has 2 heterocycles. The molecule has 0 saturated heterocycles. The van der Waals surface area contributed by atoms with E-state index < -0.39 is 29.4 Å². The summed E-state index contributed by atoms with van der Waals surface area (Å²) in [6, 6.07) is 22.2. The van der Waals surface area contributed by atoms with Crippen LogP contribution in [0.5, 0.6) is 0 Å². The van der Waals surface area contributed by atoms with Crippen molar-refractivity contribution < 1.29 is 14.1 Å². The molecule has 1 aromatic heterocycles. The van der Waals surface area contributed by atoms with Gasteiger partial charge in [-0.05, 0) is 11.6 Å². The molecule has 0 saturated carbocycles. The summed E-state index contributed by atoms with van der Waals surface area (Å²) in [6.07, 6.45) is 3.56. The van der Waals surface area contributed by atoms with Gasteiger partial charge in [-0.15, -0.1) is 0 Å². The lowest BCUT2D eigenvalue weighted by Gasteiger charge is -2.43. The Bertz CT molecular complexity index is 1080. The molecule has 6 heteroatoms. The van der Waals surface area contributed by atoms with Crippen molar-refractivity contribution in [1.29, 1.82) is 5.26 Å². The molecule has 1 N–H and O–H groups in total. The van der Waals surface area contributed by atoms with E-state index in [0.717, 1.165) is 0 Å². The topological polar surface area (TPSA) is 60.3 Å². The number of hydrogen-bond acceptors (Lipinski definition) is 4. The number of halogens is 1. The first-order valence-corrected chi connectivity index (χ1v) is 9.61. The summed E-state index contributed by atoms with van der Waals surface area (Å²) in [7, 11) is 0. The number of aromatic nitrogens is 1. The predicted octanol–water partition coefficient (Wildman–Crippen LogP) is 3.38. The molecule has 4 atom stereocenters. The molecule has 0 spiro atoms. The van der Waals surface area contributed by atoms with Crippen LogP contribution in [0.1, 0.15) is 23.1 Å². The maximum atomic E-state index is 14.9. The SMILES string of the molecule is N#C[C@@H]1C([S-])=N[C@@](O)(c2ccccc2)[C@H]([n+]2ccccc2)[C@H]1c1ccccc1F. The van der Waals surface area contributed by atoms with Crippen LogP contribution in [-0.2, 0) is 18.4 Å². The van der Waals surface area contributed by atoms with Gasteiger partial charge < -0.3 is 17.7 Å². The fourth-order valence-corrected chi connectivity index (χ4v) is 4.37. The third kappa shape index (κ3) is 3.29. The molecule has 29 heavy (non-hydrogen) atoms. The fraction of sp³-hybridized carbons (Fsp3) is 0.174. The normalized spacial score (nSPS) is 26.4. The van der Waals surface area contributed by atoms with E-state index in [1.54, 1.807) is 59.4 Å². The Balaban J connectivity index is 2.03. The fourth-order valence-electron chi connectivity index (χ4n) is 4.03. The monoisotopic (exact) mass is 403 g/mol. The van der Waals surface area contributed by atoms with Gasteiger partial charge in [-0.2, -0.15) is 9.83 Å². The van der Waals surface area contributed by atoms with Crippen molar-refractivity contribution >= 4 is 17.7 Å². The first-order chi connectivity index (χ1) is 14.1. The zero-order chi connectivity index (χ0) is 20.4. The van der Waals surface area contributed by atoms with Gasteiger partial charge in [0.15, 0.2) is 12.4 Å². The van der Waals surface area contributed by atoms with Gasteiger partial charge in [-0.3, -0.25) is 4.99 Å². The molecule has 0 aliphatic carbocycles. The molecule has 2 aromatic carbocycles. The zero-order valence-electron chi connectivity index (χ0n) is 15.4. The van der Waals surface area contributed by atoms with Crippen molar-refractivity contribution in [3.8, 4) is 6.07 Å². The van der Waals surface area contributed by atoms with Gasteiger partial charge >= 0.3 is 0 Å². The summed E-state index contributed by atoms with van der Waals surface area (Å²) >= 11 is 5.42. The van der Waals surface area contributed by atoms with Crippen molar-refractivity contribution in [2.24, 2.45) is 10.9 Å². The lowest BCUT2D eigenvalue weighted by molar-refractivity contribution is -0.744. The van der Waals surface area contributed by atoms with E-state index in [2.05, 4.69) is 11.1 Å². The van der Waals surface area contributed by atoms with Crippen molar-refractivity contribution in [2.75, 3.05) is 0 Å². The Morgan fingerprint density at radius 3 is 2.28 bits per heavy atom. The number of hydrogen-bond donors (Lipinski definition) is 1. The van der Waals surface area contributed by atoms with Crippen LogP contribution in [0.25, 0.3) is 0 Å². The molecule has 0 unspecified atom stereocenters. The first-order valence-electron chi connectivity index (χ1n) is 9.20. The largest absolute Gasteiger partial charge is 0.764 e. The van der Waals surface area contributed by atoms with Crippen molar-refractivity contribution in [2.45, 2.75) is 17.7 Å². The number of pyridine rings is 1. The average molecular weight is 403 g/mol. The van der Waals surface area contributed by atoms with Gasteiger partial charge in [-0.1, -0.05) is 59.6 Å². The van der Waals surface area contributed by atoms with Crippen LogP contribution >= 0.6 is 0 Å². The van der Waals surface area contributed by atoms with Crippen molar-refractivity contribution in [3.05, 3.63) is 102 Å². The van der Waals surface area contributed by atoms with Gasteiger partial charge in [-0.25, -0.2) is 4.39 Å². The van der Waals surface area contributed by atoms with Gasteiger partial charge in [0, 0.05) is 17.7 Å². The molecule has 0 fully saturated rings. The van der Waals surface area contributed by atoms with Gasteiger partial charge in [0.2, 0.25) is 11.8 Å². The van der Waals surface area contributed by atoms with Crippen LogP contribution in [0.3, 0.4) is 0 Å². The molecular formula is C23H18FN3OS. The molecular weight excluding hydrogens is 385 g/mol. The van der Waals surface area contributed by atoms with E-state index in [4.69, 9.17) is 12.6 Å². The predicted molar refractivity (Wildman–Crippen MR) is 109 cm³/mol. The summed E-state index contributed by atoms with van der Waals surface area (Å²) in [5.41, 5.74) is -0.904. The Hall–Kier alpha value is -3.14. The Labute approximate surface area is 174 Å². The smallest absolute Gasteiger partial charge is 0.244 e. The zero-order valence-corrected chi connectivity index (χ0v) is 16.2. The first kappa shape index (κ1) is 19.2. The van der Waals surface area contributed by atoms with Crippen LogP contribution < -0.4 is 4.57 Å². The highest BCUT2D eigenvalue weighted by Gasteiger charge is 2.55. The number of aliphatic imine (C=N–C) groups is 1. The van der Waals surface area contributed by atoms with E-state index in [-0.39, 0.29) is 5.04 Å². The lowest BCUT2D eigenvalue weighted by Crippen LogP contribution is -2.57. The molecule has 0 radical (unpaired) electrons. The van der Waals surface area contributed by atoms with E-state index >= 15 is 0 Å². The van der Waals surface area contributed by atoms with Crippen molar-refractivity contribution in [1.82, 2.24) is 0 Å².